The molecule has 21 heavy (non-hydrogen) atoms. The molecule has 0 amide bonds. The maximum absolute atomic E-state index is 13.6. The maximum atomic E-state index is 13.6. The van der Waals surface area contributed by atoms with E-state index in [1.54, 1.807) is 0 Å². The summed E-state index contributed by atoms with van der Waals surface area (Å²) in [7, 11) is -4.03. The Morgan fingerprint density at radius 1 is 1.29 bits per heavy atom. The molecule has 0 spiro atoms. The molecule has 5 nitrogen and oxygen atoms in total. The van der Waals surface area contributed by atoms with Gasteiger partial charge in [0.2, 0.25) is 0 Å². The molecule has 2 aromatic rings. The van der Waals surface area contributed by atoms with E-state index in [-0.39, 0.29) is 16.5 Å². The van der Waals surface area contributed by atoms with E-state index < -0.39 is 21.5 Å². The topological polar surface area (TPSA) is 72.2 Å². The third kappa shape index (κ3) is 3.38. The normalized spacial score (nSPS) is 12.4. The second-order valence-electron chi connectivity index (χ2n) is 5.06. The van der Waals surface area contributed by atoms with Gasteiger partial charge < -0.3 is 4.52 Å². The second-order valence-corrected chi connectivity index (χ2v) is 6.72. The van der Waals surface area contributed by atoms with Crippen molar-refractivity contribution in [2.45, 2.75) is 31.3 Å². The molecule has 0 saturated heterocycles. The quantitative estimate of drug-likeness (QED) is 0.940. The van der Waals surface area contributed by atoms with E-state index in [1.165, 1.54) is 26.8 Å². The van der Waals surface area contributed by atoms with Crippen LogP contribution in [0.3, 0.4) is 0 Å². The number of aromatic nitrogens is 1. The summed E-state index contributed by atoms with van der Waals surface area (Å²) in [5.74, 6) is -0.956. The summed E-state index contributed by atoms with van der Waals surface area (Å²) < 4.78 is 58.1. The number of alkyl halides is 1. The lowest BCUT2D eigenvalue weighted by molar-refractivity contribution is 0.163. The van der Waals surface area contributed by atoms with E-state index in [4.69, 9.17) is 4.52 Å². The van der Waals surface area contributed by atoms with Crippen LogP contribution in [0.15, 0.2) is 33.7 Å². The van der Waals surface area contributed by atoms with Crippen LogP contribution in [0.4, 0.5) is 14.6 Å². The van der Waals surface area contributed by atoms with Gasteiger partial charge in [-0.05, 0) is 38.5 Å². The molecule has 0 radical (unpaired) electrons. The summed E-state index contributed by atoms with van der Waals surface area (Å²) in [5.41, 5.74) is -1.41. The molecule has 0 saturated carbocycles. The molecule has 0 fully saturated rings. The SMILES string of the molecule is Cc1ccc(F)cc1S(=O)(=O)Nc1cc(C(C)(C)F)on1. The minimum Gasteiger partial charge on any atom is -0.356 e. The first-order valence-electron chi connectivity index (χ1n) is 6.05. The zero-order chi connectivity index (χ0) is 15.8. The Labute approximate surface area is 121 Å². The van der Waals surface area contributed by atoms with Gasteiger partial charge >= 0.3 is 0 Å². The number of aryl methyl sites for hydroxylation is 1. The monoisotopic (exact) mass is 316 g/mol. The average molecular weight is 316 g/mol. The van der Waals surface area contributed by atoms with E-state index >= 15 is 0 Å². The summed E-state index contributed by atoms with van der Waals surface area (Å²) >= 11 is 0. The summed E-state index contributed by atoms with van der Waals surface area (Å²) in [6, 6.07) is 4.56. The third-order valence-corrected chi connectivity index (χ3v) is 4.27. The molecule has 1 aromatic carbocycles. The number of halogens is 2. The molecule has 0 aliphatic rings. The zero-order valence-electron chi connectivity index (χ0n) is 11.6. The van der Waals surface area contributed by atoms with Crippen LogP contribution in [-0.2, 0) is 15.7 Å². The number of benzene rings is 1. The fourth-order valence-electron chi connectivity index (χ4n) is 1.66. The van der Waals surface area contributed by atoms with Gasteiger partial charge in [-0.2, -0.15) is 0 Å². The molecule has 2 rings (SSSR count). The van der Waals surface area contributed by atoms with Gasteiger partial charge in [-0.25, -0.2) is 17.2 Å². The van der Waals surface area contributed by atoms with Crippen molar-refractivity contribution in [1.82, 2.24) is 5.16 Å². The predicted molar refractivity (Wildman–Crippen MR) is 72.6 cm³/mol. The molecule has 8 heteroatoms. The highest BCUT2D eigenvalue weighted by Crippen LogP contribution is 2.27. The molecule has 0 aliphatic carbocycles. The van der Waals surface area contributed by atoms with Crippen molar-refractivity contribution in [1.29, 1.82) is 0 Å². The number of sulfonamides is 1. The van der Waals surface area contributed by atoms with Crippen LogP contribution in [0.1, 0.15) is 25.2 Å². The Kier molecular flexibility index (Phi) is 3.75. The van der Waals surface area contributed by atoms with Gasteiger partial charge in [0.05, 0.1) is 4.90 Å². The number of hydrogen-bond donors (Lipinski definition) is 1. The van der Waals surface area contributed by atoms with Crippen molar-refractivity contribution in [2.75, 3.05) is 4.72 Å². The minimum atomic E-state index is -4.03. The zero-order valence-corrected chi connectivity index (χ0v) is 12.5. The highest BCUT2D eigenvalue weighted by Gasteiger charge is 2.26. The number of hydrogen-bond acceptors (Lipinski definition) is 4. The fraction of sp³-hybridized carbons (Fsp3) is 0.308. The average Bonchev–Trinajstić information content (AvgIpc) is 2.79. The van der Waals surface area contributed by atoms with Crippen LogP contribution in [-0.4, -0.2) is 13.6 Å². The van der Waals surface area contributed by atoms with Crippen molar-refractivity contribution >= 4 is 15.8 Å². The van der Waals surface area contributed by atoms with Gasteiger partial charge in [0.25, 0.3) is 10.0 Å². The van der Waals surface area contributed by atoms with Gasteiger partial charge in [0.1, 0.15) is 5.82 Å². The number of nitrogens with zero attached hydrogens (tertiary/aromatic N) is 1. The Bertz CT molecular complexity index is 764. The number of rotatable bonds is 4. The first-order valence-corrected chi connectivity index (χ1v) is 7.53. The number of nitrogens with one attached hydrogen (secondary N) is 1. The van der Waals surface area contributed by atoms with Crippen LogP contribution in [0.25, 0.3) is 0 Å². The summed E-state index contributed by atoms with van der Waals surface area (Å²) in [5, 5.41) is 3.45. The predicted octanol–water partition coefficient (Wildman–Crippen LogP) is 3.13. The summed E-state index contributed by atoms with van der Waals surface area (Å²) in [6.45, 7) is 4.04. The van der Waals surface area contributed by atoms with Crippen LogP contribution < -0.4 is 4.72 Å². The molecule has 114 valence electrons. The van der Waals surface area contributed by atoms with Gasteiger partial charge in [-0.15, -0.1) is 0 Å². The molecule has 0 unspecified atom stereocenters. The Balaban J connectivity index is 2.34. The van der Waals surface area contributed by atoms with Gasteiger partial charge in [0, 0.05) is 6.07 Å². The van der Waals surface area contributed by atoms with Crippen LogP contribution in [0.5, 0.6) is 0 Å². The highest BCUT2D eigenvalue weighted by molar-refractivity contribution is 7.92. The van der Waals surface area contributed by atoms with Crippen molar-refractivity contribution in [3.8, 4) is 0 Å². The highest BCUT2D eigenvalue weighted by atomic mass is 32.2. The fourth-order valence-corrected chi connectivity index (χ4v) is 2.90. The summed E-state index contributed by atoms with van der Waals surface area (Å²) in [6.07, 6.45) is 0. The lowest BCUT2D eigenvalue weighted by atomic mass is 10.1. The molecule has 1 heterocycles. The number of anilines is 1. The van der Waals surface area contributed by atoms with Crippen molar-refractivity contribution < 1.29 is 21.7 Å². The van der Waals surface area contributed by atoms with Crippen LogP contribution in [0.2, 0.25) is 0 Å². The van der Waals surface area contributed by atoms with Gasteiger partial charge in [0.15, 0.2) is 17.2 Å². The Hall–Kier alpha value is -1.96. The van der Waals surface area contributed by atoms with Crippen LogP contribution in [0, 0.1) is 12.7 Å². The van der Waals surface area contributed by atoms with E-state index in [0.717, 1.165) is 18.2 Å². The minimum absolute atomic E-state index is 0.115. The first-order chi connectivity index (χ1) is 9.59. The molecule has 1 N–H and O–H groups in total. The standard InChI is InChI=1S/C13H14F2N2O3S/c1-8-4-5-9(14)6-10(8)21(18,19)17-12-7-11(20-16-12)13(2,3)15/h4-7H,1-3H3,(H,16,17). The smallest absolute Gasteiger partial charge is 0.263 e. The Morgan fingerprint density at radius 2 is 1.95 bits per heavy atom. The molecular formula is C13H14F2N2O3S. The molecule has 0 aliphatic heterocycles. The first kappa shape index (κ1) is 15.4. The van der Waals surface area contributed by atoms with Crippen LogP contribution >= 0.6 is 0 Å². The maximum Gasteiger partial charge on any atom is 0.263 e. The van der Waals surface area contributed by atoms with Gasteiger partial charge in [-0.3, -0.25) is 4.72 Å². The van der Waals surface area contributed by atoms with Crippen molar-refractivity contribution in [3.05, 3.63) is 41.4 Å². The van der Waals surface area contributed by atoms with Crippen molar-refractivity contribution in [2.24, 2.45) is 0 Å². The largest absolute Gasteiger partial charge is 0.356 e. The molecule has 0 atom stereocenters. The molecule has 1 aromatic heterocycles. The van der Waals surface area contributed by atoms with E-state index in [9.17, 15) is 17.2 Å². The lowest BCUT2D eigenvalue weighted by Gasteiger charge is -2.08. The van der Waals surface area contributed by atoms with E-state index in [0.29, 0.717) is 5.56 Å². The van der Waals surface area contributed by atoms with E-state index in [2.05, 4.69) is 9.88 Å². The molecule has 0 bridgehead atoms. The molecular weight excluding hydrogens is 302 g/mol. The van der Waals surface area contributed by atoms with E-state index in [1.807, 2.05) is 0 Å². The summed E-state index contributed by atoms with van der Waals surface area (Å²) in [4.78, 5) is -0.216. The third-order valence-electron chi connectivity index (χ3n) is 2.77. The second kappa shape index (κ2) is 5.10. The Morgan fingerprint density at radius 3 is 2.52 bits per heavy atom. The lowest BCUT2D eigenvalue weighted by Crippen LogP contribution is -2.15. The van der Waals surface area contributed by atoms with Gasteiger partial charge in [-0.1, -0.05) is 11.2 Å². The van der Waals surface area contributed by atoms with Crippen molar-refractivity contribution in [3.63, 3.8) is 0 Å².